The lowest BCUT2D eigenvalue weighted by molar-refractivity contribution is 0.670. The monoisotopic (exact) mass is 831 g/mol. The van der Waals surface area contributed by atoms with Gasteiger partial charge in [-0.15, -0.1) is 0 Å². The molecule has 6 nitrogen and oxygen atoms in total. The van der Waals surface area contributed by atoms with Crippen LogP contribution in [0.25, 0.3) is 123 Å². The van der Waals surface area contributed by atoms with Gasteiger partial charge in [0.05, 0.1) is 17.0 Å². The summed E-state index contributed by atoms with van der Waals surface area (Å²) in [6, 6.07) is 77.0. The Balaban J connectivity index is 0.962. The number of nitrogens with zero attached hydrogens (tertiary/aromatic N) is 5. The molecule has 0 spiro atoms. The van der Waals surface area contributed by atoms with E-state index >= 15 is 0 Å². The molecule has 0 saturated carbocycles. The molecular weight excluding hydrogens is 795 g/mol. The van der Waals surface area contributed by atoms with Gasteiger partial charge < -0.3 is 4.42 Å². The molecule has 6 heteroatoms. The van der Waals surface area contributed by atoms with Crippen LogP contribution in [0.1, 0.15) is 0 Å². The van der Waals surface area contributed by atoms with Crippen molar-refractivity contribution in [2.75, 3.05) is 0 Å². The summed E-state index contributed by atoms with van der Waals surface area (Å²) in [6.45, 7) is 0. The van der Waals surface area contributed by atoms with Crippen molar-refractivity contribution in [2.45, 2.75) is 0 Å². The number of hydrogen-bond acceptors (Lipinski definition) is 6. The predicted molar refractivity (Wildman–Crippen MR) is 264 cm³/mol. The molecule has 0 atom stereocenters. The zero-order chi connectivity index (χ0) is 43.1. The summed E-state index contributed by atoms with van der Waals surface area (Å²) >= 11 is 0. The maximum Gasteiger partial charge on any atom is 0.167 e. The molecule has 12 aromatic rings. The largest absolute Gasteiger partial charge is 0.455 e. The van der Waals surface area contributed by atoms with E-state index in [2.05, 4.69) is 146 Å². The summed E-state index contributed by atoms with van der Waals surface area (Å²) in [5.41, 5.74) is 13.0. The number of furan rings is 1. The van der Waals surface area contributed by atoms with Crippen molar-refractivity contribution in [3.05, 3.63) is 224 Å². The second-order valence-electron chi connectivity index (χ2n) is 16.1. The summed E-state index contributed by atoms with van der Waals surface area (Å²) < 4.78 is 6.81. The molecule has 304 valence electrons. The van der Waals surface area contributed by atoms with Crippen molar-refractivity contribution >= 4 is 32.7 Å². The van der Waals surface area contributed by atoms with Crippen molar-refractivity contribution in [3.63, 3.8) is 0 Å². The molecule has 65 heavy (non-hydrogen) atoms. The summed E-state index contributed by atoms with van der Waals surface area (Å²) in [4.78, 5) is 25.6. The molecule has 12 rings (SSSR count). The van der Waals surface area contributed by atoms with Gasteiger partial charge in [0, 0.05) is 44.2 Å². The molecule has 0 aliphatic carbocycles. The molecule has 0 aliphatic rings. The Bertz CT molecular complexity index is 3720. The van der Waals surface area contributed by atoms with Crippen LogP contribution in [0, 0.1) is 0 Å². The number of hydrogen-bond donors (Lipinski definition) is 0. The van der Waals surface area contributed by atoms with Gasteiger partial charge in [-0.1, -0.05) is 194 Å². The average Bonchev–Trinajstić information content (AvgIpc) is 3.78. The van der Waals surface area contributed by atoms with Crippen LogP contribution in [-0.2, 0) is 0 Å². The lowest BCUT2D eigenvalue weighted by Gasteiger charge is -2.12. The molecule has 0 saturated heterocycles. The third kappa shape index (κ3) is 7.19. The minimum atomic E-state index is 0.535. The Morgan fingerprint density at radius 3 is 1.35 bits per heavy atom. The maximum absolute atomic E-state index is 6.81. The molecule has 0 fully saturated rings. The van der Waals surface area contributed by atoms with E-state index in [0.29, 0.717) is 23.3 Å². The van der Waals surface area contributed by atoms with Crippen LogP contribution in [0.3, 0.4) is 0 Å². The molecule has 0 bridgehead atoms. The molecule has 0 N–H and O–H groups in total. The lowest BCUT2D eigenvalue weighted by atomic mass is 9.98. The SMILES string of the molecule is c1ccc(-c2nc(-c3cccc(-c4cccc(-c5nc(-c6ccccc6)nc(-c6cccc7c6oc6c(-c8ccccc8)cccc67)n5)c4)c3)cc(-c3ccc4ccccc4c3)n2)cc1. The zero-order valence-corrected chi connectivity index (χ0v) is 35.0. The lowest BCUT2D eigenvalue weighted by Crippen LogP contribution is -2.00. The number of rotatable bonds is 8. The van der Waals surface area contributed by atoms with Gasteiger partial charge in [0.1, 0.15) is 11.2 Å². The van der Waals surface area contributed by atoms with Crippen molar-refractivity contribution in [3.8, 4) is 90.3 Å². The van der Waals surface area contributed by atoms with Crippen LogP contribution < -0.4 is 0 Å². The van der Waals surface area contributed by atoms with E-state index < -0.39 is 0 Å². The van der Waals surface area contributed by atoms with Gasteiger partial charge in [-0.05, 0) is 57.8 Å². The first-order valence-electron chi connectivity index (χ1n) is 21.6. The first-order chi connectivity index (χ1) is 32.2. The minimum Gasteiger partial charge on any atom is -0.455 e. The molecule has 0 aliphatic heterocycles. The fourth-order valence-corrected chi connectivity index (χ4v) is 8.69. The Hall–Kier alpha value is -8.87. The van der Waals surface area contributed by atoms with Gasteiger partial charge in [0.25, 0.3) is 0 Å². The molecule has 3 aromatic heterocycles. The topological polar surface area (TPSA) is 77.6 Å². The predicted octanol–water partition coefficient (Wildman–Crippen LogP) is 15.1. The van der Waals surface area contributed by atoms with E-state index in [9.17, 15) is 0 Å². The highest BCUT2D eigenvalue weighted by molar-refractivity contribution is 6.12. The standard InChI is InChI=1S/C59H37N5O/c1-4-17-39(18-5-1)48-28-14-29-49-50-30-15-31-51(55(50)65-54(48)49)59-63-57(41-21-8-3-9-22-41)62-58(64-59)47-27-13-25-44(36-47)43-24-12-26-45(35-43)52-37-53(61-56(60-52)40-19-6-2-7-20-40)46-33-32-38-16-10-11-23-42(38)34-46/h1-37H. The van der Waals surface area contributed by atoms with Crippen LogP contribution in [-0.4, -0.2) is 24.9 Å². The van der Waals surface area contributed by atoms with E-state index in [4.69, 9.17) is 29.3 Å². The Labute approximate surface area is 375 Å². The Morgan fingerprint density at radius 2 is 0.692 bits per heavy atom. The number of para-hydroxylation sites is 2. The first kappa shape index (κ1) is 37.9. The zero-order valence-electron chi connectivity index (χ0n) is 35.0. The smallest absolute Gasteiger partial charge is 0.167 e. The van der Waals surface area contributed by atoms with Crippen LogP contribution in [0.15, 0.2) is 229 Å². The van der Waals surface area contributed by atoms with Gasteiger partial charge in [-0.25, -0.2) is 24.9 Å². The van der Waals surface area contributed by atoms with Crippen molar-refractivity contribution in [1.29, 1.82) is 0 Å². The van der Waals surface area contributed by atoms with Crippen LogP contribution in [0.5, 0.6) is 0 Å². The van der Waals surface area contributed by atoms with Crippen LogP contribution >= 0.6 is 0 Å². The van der Waals surface area contributed by atoms with Crippen molar-refractivity contribution in [1.82, 2.24) is 24.9 Å². The Kier molecular flexibility index (Phi) is 9.38. The molecule has 0 radical (unpaired) electrons. The third-order valence-corrected chi connectivity index (χ3v) is 11.9. The van der Waals surface area contributed by atoms with E-state index in [1.807, 2.05) is 78.9 Å². The van der Waals surface area contributed by atoms with Gasteiger partial charge >= 0.3 is 0 Å². The molecule has 0 unspecified atom stereocenters. The molecule has 3 heterocycles. The van der Waals surface area contributed by atoms with Crippen molar-refractivity contribution < 1.29 is 4.42 Å². The summed E-state index contributed by atoms with van der Waals surface area (Å²) in [6.07, 6.45) is 0. The quantitative estimate of drug-likeness (QED) is 0.152. The number of fused-ring (bicyclic) bond motifs is 4. The second-order valence-corrected chi connectivity index (χ2v) is 16.1. The van der Waals surface area contributed by atoms with Gasteiger partial charge in [0.15, 0.2) is 23.3 Å². The molecule has 0 amide bonds. The van der Waals surface area contributed by atoms with E-state index in [-0.39, 0.29) is 0 Å². The van der Waals surface area contributed by atoms with Crippen LogP contribution in [0.4, 0.5) is 0 Å². The maximum atomic E-state index is 6.81. The Morgan fingerprint density at radius 1 is 0.246 bits per heavy atom. The van der Waals surface area contributed by atoms with Crippen LogP contribution in [0.2, 0.25) is 0 Å². The fourth-order valence-electron chi connectivity index (χ4n) is 8.69. The first-order valence-corrected chi connectivity index (χ1v) is 21.6. The van der Waals surface area contributed by atoms with Gasteiger partial charge in [0.2, 0.25) is 0 Å². The third-order valence-electron chi connectivity index (χ3n) is 11.9. The second kappa shape index (κ2) is 16.1. The highest BCUT2D eigenvalue weighted by Crippen LogP contribution is 2.40. The number of benzene rings is 9. The minimum absolute atomic E-state index is 0.535. The highest BCUT2D eigenvalue weighted by Gasteiger charge is 2.20. The van der Waals surface area contributed by atoms with Gasteiger partial charge in [-0.2, -0.15) is 0 Å². The molecule has 9 aromatic carbocycles. The van der Waals surface area contributed by atoms with E-state index in [1.54, 1.807) is 0 Å². The van der Waals surface area contributed by atoms with Gasteiger partial charge in [-0.3, -0.25) is 0 Å². The normalized spacial score (nSPS) is 11.4. The summed E-state index contributed by atoms with van der Waals surface area (Å²) in [5.74, 6) is 2.35. The fraction of sp³-hybridized carbons (Fsp3) is 0. The number of aromatic nitrogens is 5. The van der Waals surface area contributed by atoms with Crippen molar-refractivity contribution in [2.24, 2.45) is 0 Å². The van der Waals surface area contributed by atoms with E-state index in [1.165, 1.54) is 10.8 Å². The summed E-state index contributed by atoms with van der Waals surface area (Å²) in [5, 5.41) is 4.40. The van der Waals surface area contributed by atoms with E-state index in [0.717, 1.165) is 89.0 Å². The molecular formula is C59H37N5O. The average molecular weight is 832 g/mol. The highest BCUT2D eigenvalue weighted by atomic mass is 16.3. The summed E-state index contributed by atoms with van der Waals surface area (Å²) in [7, 11) is 0.